The van der Waals surface area contributed by atoms with E-state index in [2.05, 4.69) is 198 Å². The summed E-state index contributed by atoms with van der Waals surface area (Å²) in [6.07, 6.45) is 0. The van der Waals surface area contributed by atoms with Crippen LogP contribution < -0.4 is 26.2 Å². The van der Waals surface area contributed by atoms with Gasteiger partial charge in [-0.3, -0.25) is 0 Å². The molecule has 59 heavy (non-hydrogen) atoms. The molecule has 0 atom stereocenters. The minimum Gasteiger partial charge on any atom is -0.456 e. The predicted octanol–water partition coefficient (Wildman–Crippen LogP) is 12.9. The van der Waals surface area contributed by atoms with Crippen LogP contribution in [0.1, 0.15) is 0 Å². The van der Waals surface area contributed by atoms with Crippen LogP contribution in [-0.2, 0) is 0 Å². The molecule has 0 amide bonds. The van der Waals surface area contributed by atoms with Crippen LogP contribution in [0.4, 0.5) is 34.1 Å². The minimum absolute atomic E-state index is 0.0633. The molecule has 0 N–H and O–H groups in total. The highest BCUT2D eigenvalue weighted by molar-refractivity contribution is 7.00. The maximum Gasteiger partial charge on any atom is 0.252 e. The number of benzene rings is 9. The molecule has 0 bridgehead atoms. The second kappa shape index (κ2) is 12.4. The summed E-state index contributed by atoms with van der Waals surface area (Å²) in [4.78, 5) is 4.99. The van der Waals surface area contributed by atoms with Crippen LogP contribution in [0.15, 0.2) is 209 Å². The van der Waals surface area contributed by atoms with Gasteiger partial charge in [0.1, 0.15) is 22.3 Å². The molecule has 2 aliphatic rings. The van der Waals surface area contributed by atoms with Crippen LogP contribution in [0.5, 0.6) is 0 Å². The van der Waals surface area contributed by atoms with Gasteiger partial charge in [-0.2, -0.15) is 0 Å². The monoisotopic (exact) mass is 752 g/mol. The summed E-state index contributed by atoms with van der Waals surface area (Å²) >= 11 is 0. The lowest BCUT2D eigenvalue weighted by molar-refractivity contribution is 0.668. The van der Waals surface area contributed by atoms with Crippen molar-refractivity contribution in [2.75, 3.05) is 9.80 Å². The average Bonchev–Trinajstić information content (AvgIpc) is 3.88. The van der Waals surface area contributed by atoms with E-state index in [0.29, 0.717) is 0 Å². The lowest BCUT2D eigenvalue weighted by Gasteiger charge is -2.45. The number of anilines is 6. The molecule has 2 aliphatic heterocycles. The van der Waals surface area contributed by atoms with Crippen molar-refractivity contribution < 1.29 is 8.83 Å². The Balaban J connectivity index is 1.16. The van der Waals surface area contributed by atoms with E-state index in [1.54, 1.807) is 0 Å². The first kappa shape index (κ1) is 32.3. The van der Waals surface area contributed by atoms with Crippen molar-refractivity contribution in [1.82, 2.24) is 0 Å². The Labute approximate surface area is 340 Å². The summed E-state index contributed by atoms with van der Waals surface area (Å²) in [5.74, 6) is 0. The third-order valence-corrected chi connectivity index (χ3v) is 12.4. The van der Waals surface area contributed by atoms with Gasteiger partial charge in [-0.15, -0.1) is 0 Å². The molecular weight excluding hydrogens is 719 g/mol. The van der Waals surface area contributed by atoms with Crippen molar-refractivity contribution in [3.05, 3.63) is 200 Å². The number of nitrogens with zero attached hydrogens (tertiary/aromatic N) is 2. The van der Waals surface area contributed by atoms with Gasteiger partial charge < -0.3 is 18.6 Å². The van der Waals surface area contributed by atoms with Crippen LogP contribution in [0.2, 0.25) is 0 Å². The van der Waals surface area contributed by atoms with Gasteiger partial charge >= 0.3 is 0 Å². The SMILES string of the molecule is c1ccc(N2c3cccc4c3B(c3cccc(-c5cccc6oc7ccccc7c56)c32)c2cccc(-c3cccc5oc6ccccc6c35)c2N4c2ccccc2)cc1. The lowest BCUT2D eigenvalue weighted by atomic mass is 9.33. The molecule has 9 aromatic carbocycles. The number of hydrogen-bond donors (Lipinski definition) is 0. The molecule has 4 heterocycles. The molecule has 0 saturated heterocycles. The van der Waals surface area contributed by atoms with E-state index in [0.717, 1.165) is 77.5 Å². The van der Waals surface area contributed by atoms with Crippen molar-refractivity contribution in [3.63, 3.8) is 0 Å². The lowest BCUT2D eigenvalue weighted by Crippen LogP contribution is -2.61. The third kappa shape index (κ3) is 4.55. The van der Waals surface area contributed by atoms with Crippen LogP contribution in [-0.4, -0.2) is 6.71 Å². The normalized spacial score (nSPS) is 13.0. The number of fused-ring (bicyclic) bond motifs is 10. The zero-order valence-electron chi connectivity index (χ0n) is 31.8. The van der Waals surface area contributed by atoms with Crippen molar-refractivity contribution in [2.24, 2.45) is 0 Å². The molecule has 13 rings (SSSR count). The summed E-state index contributed by atoms with van der Waals surface area (Å²) in [7, 11) is 0. The van der Waals surface area contributed by atoms with E-state index >= 15 is 0 Å². The van der Waals surface area contributed by atoms with Gasteiger partial charge in [-0.1, -0.05) is 140 Å². The van der Waals surface area contributed by atoms with Gasteiger partial charge in [0, 0.05) is 66.8 Å². The smallest absolute Gasteiger partial charge is 0.252 e. The van der Waals surface area contributed by atoms with Crippen molar-refractivity contribution in [2.45, 2.75) is 0 Å². The topological polar surface area (TPSA) is 32.8 Å². The van der Waals surface area contributed by atoms with E-state index in [4.69, 9.17) is 8.83 Å². The predicted molar refractivity (Wildman–Crippen MR) is 246 cm³/mol. The molecule has 0 fully saturated rings. The summed E-state index contributed by atoms with van der Waals surface area (Å²) in [5, 5.41) is 4.50. The Hall–Kier alpha value is -7.76. The zero-order valence-corrected chi connectivity index (χ0v) is 31.8. The van der Waals surface area contributed by atoms with E-state index in [9.17, 15) is 0 Å². The fourth-order valence-corrected chi connectivity index (χ4v) is 10.2. The number of hydrogen-bond acceptors (Lipinski definition) is 4. The molecule has 0 radical (unpaired) electrons. The summed E-state index contributed by atoms with van der Waals surface area (Å²) in [6, 6.07) is 72.0. The third-order valence-electron chi connectivity index (χ3n) is 12.4. The maximum atomic E-state index is 6.47. The summed E-state index contributed by atoms with van der Waals surface area (Å²) in [5.41, 5.74) is 18.9. The van der Waals surface area contributed by atoms with Gasteiger partial charge in [-0.25, -0.2) is 0 Å². The van der Waals surface area contributed by atoms with Crippen LogP contribution >= 0.6 is 0 Å². The van der Waals surface area contributed by atoms with Crippen molar-refractivity contribution in [1.29, 1.82) is 0 Å². The standard InChI is InChI=1S/C54H33BN2O2/c1-3-16-34(17-4-1)56-44-28-15-29-45-52(44)55(42-26-11-24-38(53(42)56)36-22-13-32-48-50(36)40-20-7-9-30-46(40)58-48)43-27-12-25-39(54(43)57(45)35-18-5-2-6-19-35)37-23-14-33-49-51(37)41-21-8-10-31-47(41)59-49/h1-33H. The van der Waals surface area contributed by atoms with Gasteiger partial charge in [0.2, 0.25) is 0 Å². The molecule has 2 aromatic heterocycles. The highest BCUT2D eigenvalue weighted by Gasteiger charge is 2.45. The maximum absolute atomic E-state index is 6.47. The quantitative estimate of drug-likeness (QED) is 0.168. The highest BCUT2D eigenvalue weighted by Crippen LogP contribution is 2.50. The summed E-state index contributed by atoms with van der Waals surface area (Å²) < 4.78 is 12.9. The van der Waals surface area contributed by atoms with Crippen LogP contribution in [0.25, 0.3) is 66.1 Å². The van der Waals surface area contributed by atoms with E-state index in [1.165, 1.54) is 39.1 Å². The minimum atomic E-state index is -0.0633. The van der Waals surface area contributed by atoms with Gasteiger partial charge in [0.25, 0.3) is 6.71 Å². The number of rotatable bonds is 4. The Bertz CT molecular complexity index is 3250. The summed E-state index contributed by atoms with van der Waals surface area (Å²) in [6.45, 7) is -0.0633. The Morgan fingerprint density at radius 1 is 0.322 bits per heavy atom. The van der Waals surface area contributed by atoms with Gasteiger partial charge in [0.15, 0.2) is 0 Å². The molecule has 11 aromatic rings. The van der Waals surface area contributed by atoms with Crippen LogP contribution in [0, 0.1) is 0 Å². The van der Waals surface area contributed by atoms with Crippen molar-refractivity contribution in [3.8, 4) is 22.3 Å². The number of furan rings is 2. The first-order valence-electron chi connectivity index (χ1n) is 20.2. The second-order valence-electron chi connectivity index (χ2n) is 15.5. The molecule has 274 valence electrons. The molecule has 5 heteroatoms. The zero-order chi connectivity index (χ0) is 38.6. The van der Waals surface area contributed by atoms with E-state index in [-0.39, 0.29) is 6.71 Å². The Kier molecular flexibility index (Phi) is 6.78. The Morgan fingerprint density at radius 2 is 0.712 bits per heavy atom. The van der Waals surface area contributed by atoms with E-state index in [1.807, 2.05) is 12.1 Å². The average molecular weight is 753 g/mol. The highest BCUT2D eigenvalue weighted by atomic mass is 16.3. The fourth-order valence-electron chi connectivity index (χ4n) is 10.2. The second-order valence-corrected chi connectivity index (χ2v) is 15.5. The fraction of sp³-hybridized carbons (Fsp3) is 0. The molecule has 0 spiro atoms. The molecule has 0 saturated carbocycles. The first-order valence-corrected chi connectivity index (χ1v) is 20.2. The van der Waals surface area contributed by atoms with Crippen LogP contribution in [0.3, 0.4) is 0 Å². The van der Waals surface area contributed by atoms with Crippen molar-refractivity contribution >= 4 is 101 Å². The van der Waals surface area contributed by atoms with E-state index < -0.39 is 0 Å². The Morgan fingerprint density at radius 3 is 1.20 bits per heavy atom. The van der Waals surface area contributed by atoms with Gasteiger partial charge in [0.05, 0.1) is 0 Å². The molecular formula is C54H33BN2O2. The molecule has 0 aliphatic carbocycles. The molecule has 0 unspecified atom stereocenters. The van der Waals surface area contributed by atoms with Gasteiger partial charge in [-0.05, 0) is 88.2 Å². The largest absolute Gasteiger partial charge is 0.456 e. The number of para-hydroxylation sites is 6. The first-order chi connectivity index (χ1) is 29.3. The molecule has 4 nitrogen and oxygen atoms in total.